The lowest BCUT2D eigenvalue weighted by molar-refractivity contribution is -0.116. The van der Waals surface area contributed by atoms with Crippen molar-refractivity contribution in [3.8, 4) is 6.07 Å². The Kier molecular flexibility index (Phi) is 5.04. The summed E-state index contributed by atoms with van der Waals surface area (Å²) in [5, 5.41) is 9.69. The number of nitrogens with two attached hydrogens (primary N) is 1. The first-order chi connectivity index (χ1) is 13.1. The summed E-state index contributed by atoms with van der Waals surface area (Å²) in [4.78, 5) is 17.2. The van der Waals surface area contributed by atoms with E-state index in [1.807, 2.05) is 0 Å². The van der Waals surface area contributed by atoms with E-state index < -0.39 is 5.92 Å². The van der Waals surface area contributed by atoms with E-state index in [9.17, 15) is 10.1 Å². The largest absolute Gasteiger partial charge is 0.444 e. The maximum Gasteiger partial charge on any atom is 0.205 e. The van der Waals surface area contributed by atoms with Crippen molar-refractivity contribution >= 4 is 17.1 Å². The molecule has 1 fully saturated rings. The van der Waals surface area contributed by atoms with Crippen LogP contribution in [0.4, 0.5) is 0 Å². The zero-order valence-electron chi connectivity index (χ0n) is 15.4. The molecule has 0 radical (unpaired) electrons. The van der Waals surface area contributed by atoms with Crippen LogP contribution in [0.3, 0.4) is 0 Å². The molecule has 1 aromatic rings. The quantitative estimate of drug-likeness (QED) is 0.861. The van der Waals surface area contributed by atoms with E-state index in [1.165, 1.54) is 10.4 Å². The summed E-state index contributed by atoms with van der Waals surface area (Å²) in [6.45, 7) is 6.32. The number of carbonyl (C=O) groups excluding carboxylic acids is 1. The second-order valence-electron chi connectivity index (χ2n) is 7.16. The lowest BCUT2D eigenvalue weighted by atomic mass is 9.80. The molecule has 1 atom stereocenters. The summed E-state index contributed by atoms with van der Waals surface area (Å²) in [7, 11) is 0. The van der Waals surface area contributed by atoms with Crippen LogP contribution >= 0.6 is 11.3 Å². The van der Waals surface area contributed by atoms with Crippen molar-refractivity contribution in [1.82, 2.24) is 4.90 Å². The van der Waals surface area contributed by atoms with Crippen LogP contribution in [-0.2, 0) is 20.8 Å². The molecular formula is C20H23N3O3S. The van der Waals surface area contributed by atoms with E-state index in [1.54, 1.807) is 11.3 Å². The fourth-order valence-corrected chi connectivity index (χ4v) is 5.15. The van der Waals surface area contributed by atoms with Crippen molar-refractivity contribution in [2.45, 2.75) is 38.6 Å². The lowest BCUT2D eigenvalue weighted by Crippen LogP contribution is -2.35. The first kappa shape index (κ1) is 18.2. The predicted octanol–water partition coefficient (Wildman–Crippen LogP) is 2.70. The minimum Gasteiger partial charge on any atom is -0.444 e. The van der Waals surface area contributed by atoms with E-state index in [-0.39, 0.29) is 11.7 Å². The molecule has 3 aliphatic rings. The maximum absolute atomic E-state index is 12.7. The highest BCUT2D eigenvalue weighted by Crippen LogP contribution is 2.45. The molecule has 0 unspecified atom stereocenters. The van der Waals surface area contributed by atoms with Crippen molar-refractivity contribution in [2.24, 2.45) is 5.73 Å². The molecule has 2 N–H and O–H groups in total. The first-order valence-corrected chi connectivity index (χ1v) is 10.1. The van der Waals surface area contributed by atoms with E-state index in [2.05, 4.69) is 24.0 Å². The average Bonchev–Trinajstić information content (AvgIpc) is 3.02. The van der Waals surface area contributed by atoms with Crippen LogP contribution in [0, 0.1) is 18.3 Å². The zero-order chi connectivity index (χ0) is 19.0. The van der Waals surface area contributed by atoms with Gasteiger partial charge in [-0.1, -0.05) is 0 Å². The van der Waals surface area contributed by atoms with Gasteiger partial charge in [-0.15, -0.1) is 11.3 Å². The Balaban J connectivity index is 1.70. The predicted molar refractivity (Wildman–Crippen MR) is 102 cm³/mol. The molecule has 142 valence electrons. The number of aryl methyl sites for hydroxylation is 1. The molecule has 0 amide bonds. The number of morpholine rings is 1. The van der Waals surface area contributed by atoms with E-state index in [4.69, 9.17) is 15.2 Å². The third kappa shape index (κ3) is 3.41. The van der Waals surface area contributed by atoms with Crippen molar-refractivity contribution < 1.29 is 14.3 Å². The van der Waals surface area contributed by atoms with Crippen molar-refractivity contribution in [2.75, 3.05) is 26.3 Å². The minimum absolute atomic E-state index is 0.0716. The summed E-state index contributed by atoms with van der Waals surface area (Å²) in [6.07, 6.45) is 1.97. The average molecular weight is 385 g/mol. The molecule has 4 rings (SSSR count). The van der Waals surface area contributed by atoms with Gasteiger partial charge in [0.25, 0.3) is 0 Å². The molecule has 0 spiro atoms. The summed E-state index contributed by atoms with van der Waals surface area (Å²) in [5.41, 5.74) is 8.26. The molecule has 3 heterocycles. The summed E-state index contributed by atoms with van der Waals surface area (Å²) >= 11 is 1.65. The minimum atomic E-state index is -0.395. The molecule has 0 bridgehead atoms. The van der Waals surface area contributed by atoms with Crippen molar-refractivity contribution in [3.63, 3.8) is 0 Å². The van der Waals surface area contributed by atoms with Gasteiger partial charge in [0.1, 0.15) is 17.4 Å². The standard InChI is InChI=1S/C20H23N3O3S/c1-12-13(11-23-5-7-25-8-6-23)9-17(27-12)18-14(10-21)20(22)26-16-4-2-3-15(24)19(16)18/h9,18H,2-8,11,22H2,1H3/t18-/m1/s1. The van der Waals surface area contributed by atoms with Crippen LogP contribution in [0.25, 0.3) is 0 Å². The lowest BCUT2D eigenvalue weighted by Gasteiger charge is -2.30. The Morgan fingerprint density at radius 3 is 2.89 bits per heavy atom. The molecule has 0 aromatic carbocycles. The number of carbonyl (C=O) groups is 1. The van der Waals surface area contributed by atoms with Gasteiger partial charge in [-0.2, -0.15) is 5.26 Å². The van der Waals surface area contributed by atoms with Crippen LogP contribution < -0.4 is 5.73 Å². The van der Waals surface area contributed by atoms with Gasteiger partial charge in [-0.25, -0.2) is 0 Å². The molecule has 0 saturated carbocycles. The number of ether oxygens (including phenoxy) is 2. The molecular weight excluding hydrogens is 362 g/mol. The number of hydrogen-bond donors (Lipinski definition) is 1. The number of nitriles is 1. The number of allylic oxidation sites excluding steroid dienone is 3. The Bertz CT molecular complexity index is 872. The SMILES string of the molecule is Cc1sc([C@H]2C(C#N)=C(N)OC3=C2C(=O)CCC3)cc1CN1CCOCC1. The second kappa shape index (κ2) is 7.47. The van der Waals surface area contributed by atoms with Gasteiger partial charge < -0.3 is 15.2 Å². The van der Waals surface area contributed by atoms with Crippen LogP contribution in [-0.4, -0.2) is 37.0 Å². The third-order valence-electron chi connectivity index (χ3n) is 5.43. The Morgan fingerprint density at radius 1 is 1.37 bits per heavy atom. The number of thiophene rings is 1. The van der Waals surface area contributed by atoms with Gasteiger partial charge in [0, 0.05) is 47.8 Å². The Morgan fingerprint density at radius 2 is 2.15 bits per heavy atom. The fraction of sp³-hybridized carbons (Fsp3) is 0.500. The monoisotopic (exact) mass is 385 g/mol. The molecule has 6 nitrogen and oxygen atoms in total. The fourth-order valence-electron chi connectivity index (χ4n) is 3.99. The topological polar surface area (TPSA) is 88.6 Å². The van der Waals surface area contributed by atoms with E-state index in [0.29, 0.717) is 29.7 Å². The second-order valence-corrected chi connectivity index (χ2v) is 8.44. The van der Waals surface area contributed by atoms with Gasteiger partial charge in [0.15, 0.2) is 5.78 Å². The third-order valence-corrected chi connectivity index (χ3v) is 6.58. The van der Waals surface area contributed by atoms with Crippen LogP contribution in [0.2, 0.25) is 0 Å². The van der Waals surface area contributed by atoms with Crippen LogP contribution in [0.1, 0.15) is 40.5 Å². The van der Waals surface area contributed by atoms with Crippen molar-refractivity contribution in [3.05, 3.63) is 44.2 Å². The Labute approximate surface area is 162 Å². The summed E-state index contributed by atoms with van der Waals surface area (Å²) < 4.78 is 11.1. The molecule has 1 aliphatic carbocycles. The zero-order valence-corrected chi connectivity index (χ0v) is 16.2. The van der Waals surface area contributed by atoms with Crippen LogP contribution in [0.5, 0.6) is 0 Å². The van der Waals surface area contributed by atoms with Gasteiger partial charge in [-0.05, 0) is 25.0 Å². The van der Waals surface area contributed by atoms with Gasteiger partial charge in [0.05, 0.1) is 19.1 Å². The number of rotatable bonds is 3. The van der Waals surface area contributed by atoms with Gasteiger partial charge in [0.2, 0.25) is 5.88 Å². The number of nitrogens with zero attached hydrogens (tertiary/aromatic N) is 2. The maximum atomic E-state index is 12.7. The normalized spacial score (nSPS) is 23.9. The summed E-state index contributed by atoms with van der Waals surface area (Å²) in [5.74, 6) is 0.459. The van der Waals surface area contributed by atoms with Crippen molar-refractivity contribution in [1.29, 1.82) is 5.26 Å². The number of ketones is 1. The van der Waals surface area contributed by atoms with Gasteiger partial charge in [-0.3, -0.25) is 9.69 Å². The van der Waals surface area contributed by atoms with Crippen LogP contribution in [0.15, 0.2) is 28.9 Å². The highest BCUT2D eigenvalue weighted by atomic mass is 32.1. The summed E-state index contributed by atoms with van der Waals surface area (Å²) in [6, 6.07) is 4.33. The smallest absolute Gasteiger partial charge is 0.205 e. The molecule has 1 aromatic heterocycles. The van der Waals surface area contributed by atoms with E-state index >= 15 is 0 Å². The highest BCUT2D eigenvalue weighted by Gasteiger charge is 2.39. The Hall–Kier alpha value is -2.14. The number of hydrogen-bond acceptors (Lipinski definition) is 7. The molecule has 27 heavy (non-hydrogen) atoms. The van der Waals surface area contributed by atoms with Gasteiger partial charge >= 0.3 is 0 Å². The number of Topliss-reactive ketones (excluding diaryl/α,β-unsaturated/α-hetero) is 1. The molecule has 7 heteroatoms. The van der Waals surface area contributed by atoms with E-state index in [0.717, 1.165) is 44.1 Å². The first-order valence-electron chi connectivity index (χ1n) is 9.31. The highest BCUT2D eigenvalue weighted by molar-refractivity contribution is 7.12. The molecule has 1 saturated heterocycles. The molecule has 2 aliphatic heterocycles.